The first-order chi connectivity index (χ1) is 11.1. The maximum absolute atomic E-state index is 13.1. The van der Waals surface area contributed by atoms with E-state index in [2.05, 4.69) is 10.3 Å². The number of aromatic amines is 1. The van der Waals surface area contributed by atoms with Crippen molar-refractivity contribution < 1.29 is 22.7 Å². The van der Waals surface area contributed by atoms with Crippen LogP contribution >= 0.6 is 11.6 Å². The Balaban J connectivity index is 2.78. The Labute approximate surface area is 137 Å². The second-order valence-corrected chi connectivity index (χ2v) is 5.08. The zero-order chi connectivity index (χ0) is 18.2. The summed E-state index contributed by atoms with van der Waals surface area (Å²) in [4.78, 5) is 14.5. The monoisotopic (exact) mass is 363 g/mol. The highest BCUT2D eigenvalue weighted by Gasteiger charge is 2.39. The number of benzene rings is 1. The summed E-state index contributed by atoms with van der Waals surface area (Å²) >= 11 is 5.84. The number of halogens is 5. The zero-order valence-corrected chi connectivity index (χ0v) is 12.7. The van der Waals surface area contributed by atoms with Crippen LogP contribution < -0.4 is 10.7 Å². The fourth-order valence-corrected chi connectivity index (χ4v) is 2.31. The molecule has 0 radical (unpaired) electrons. The normalized spacial score (nSPS) is 11.4. The molecule has 24 heavy (non-hydrogen) atoms. The Morgan fingerprint density at radius 3 is 2.50 bits per heavy atom. The molecule has 0 aliphatic rings. The number of anilines is 1. The number of nitrogens with one attached hydrogen (secondary N) is 3. The van der Waals surface area contributed by atoms with Crippen molar-refractivity contribution in [3.05, 3.63) is 44.8 Å². The van der Waals surface area contributed by atoms with Gasteiger partial charge in [-0.25, -0.2) is 4.39 Å². The number of H-pyrrole nitrogens is 1. The number of rotatable bonds is 3. The van der Waals surface area contributed by atoms with Crippen LogP contribution in [0.5, 0.6) is 5.75 Å². The third-order valence-corrected chi connectivity index (χ3v) is 3.48. The van der Waals surface area contributed by atoms with Gasteiger partial charge < -0.3 is 15.4 Å². The number of pyridine rings is 1. The maximum Gasteiger partial charge on any atom is 0.433 e. The van der Waals surface area contributed by atoms with Crippen molar-refractivity contribution in [2.24, 2.45) is 0 Å². The number of aromatic hydroxyl groups is 1. The summed E-state index contributed by atoms with van der Waals surface area (Å²) < 4.78 is 51.3. The van der Waals surface area contributed by atoms with Gasteiger partial charge in [-0.15, -0.1) is 0 Å². The summed E-state index contributed by atoms with van der Waals surface area (Å²) in [6.45, 7) is 0. The van der Waals surface area contributed by atoms with Crippen molar-refractivity contribution in [1.29, 1.82) is 5.41 Å². The molecule has 0 amide bonds. The summed E-state index contributed by atoms with van der Waals surface area (Å²) in [5.41, 5.74) is -4.68. The van der Waals surface area contributed by atoms with Gasteiger partial charge in [0.2, 0.25) is 5.43 Å². The fourth-order valence-electron chi connectivity index (χ4n) is 2.05. The molecule has 1 aromatic heterocycles. The van der Waals surface area contributed by atoms with Crippen molar-refractivity contribution in [3.8, 4) is 17.0 Å². The SMILES string of the molecule is CNc1[nH]c(-c2ccc(F)cc2Cl)c(O)c(=O)c1C(=N)C(F)(F)F. The number of hydrogen-bond acceptors (Lipinski definition) is 4. The van der Waals surface area contributed by atoms with E-state index >= 15 is 0 Å². The lowest BCUT2D eigenvalue weighted by molar-refractivity contribution is -0.0588. The van der Waals surface area contributed by atoms with Gasteiger partial charge >= 0.3 is 6.18 Å². The minimum Gasteiger partial charge on any atom is -0.503 e. The predicted octanol–water partition coefficient (Wildman–Crippen LogP) is 3.51. The first-order valence-corrected chi connectivity index (χ1v) is 6.74. The van der Waals surface area contributed by atoms with Crippen LogP contribution in [0.25, 0.3) is 11.3 Å². The van der Waals surface area contributed by atoms with E-state index in [0.29, 0.717) is 0 Å². The van der Waals surface area contributed by atoms with Gasteiger partial charge in [-0.1, -0.05) is 11.6 Å². The lowest BCUT2D eigenvalue weighted by Gasteiger charge is -2.16. The molecule has 0 spiro atoms. The molecule has 0 unspecified atom stereocenters. The largest absolute Gasteiger partial charge is 0.503 e. The van der Waals surface area contributed by atoms with Crippen LogP contribution in [0.15, 0.2) is 23.0 Å². The van der Waals surface area contributed by atoms with E-state index < -0.39 is 40.3 Å². The Kier molecular flexibility index (Phi) is 4.57. The summed E-state index contributed by atoms with van der Waals surface area (Å²) in [5, 5.41) is 19.3. The minimum atomic E-state index is -5.08. The summed E-state index contributed by atoms with van der Waals surface area (Å²) in [7, 11) is 1.23. The Bertz CT molecular complexity index is 878. The average molecular weight is 364 g/mol. The fraction of sp³-hybridized carbons (Fsp3) is 0.143. The van der Waals surface area contributed by atoms with Crippen LogP contribution in [0.3, 0.4) is 0 Å². The third kappa shape index (κ3) is 3.07. The topological polar surface area (TPSA) is 89.0 Å². The van der Waals surface area contributed by atoms with Crippen molar-refractivity contribution in [2.75, 3.05) is 12.4 Å². The van der Waals surface area contributed by atoms with Gasteiger partial charge in [-0.2, -0.15) is 13.2 Å². The van der Waals surface area contributed by atoms with Crippen molar-refractivity contribution in [2.45, 2.75) is 6.18 Å². The average Bonchev–Trinajstić information content (AvgIpc) is 2.49. The molecule has 2 rings (SSSR count). The summed E-state index contributed by atoms with van der Waals surface area (Å²) in [6, 6.07) is 3.07. The molecule has 1 heterocycles. The molecule has 0 saturated heterocycles. The number of aromatic nitrogens is 1. The highest BCUT2D eigenvalue weighted by Crippen LogP contribution is 2.34. The number of alkyl halides is 3. The standard InChI is InChI=1S/C14H10ClF4N3O2/c1-21-13-8(12(20)14(17,18)19)10(23)11(24)9(22-13)6-3-2-5(16)4-7(6)15/h2-4,20,24H,1H3,(H2,21,22,23). The lowest BCUT2D eigenvalue weighted by Crippen LogP contribution is -2.30. The highest BCUT2D eigenvalue weighted by molar-refractivity contribution is 6.33. The van der Waals surface area contributed by atoms with Gasteiger partial charge in [0, 0.05) is 12.6 Å². The molecule has 4 N–H and O–H groups in total. The maximum atomic E-state index is 13.1. The molecule has 10 heteroatoms. The van der Waals surface area contributed by atoms with Gasteiger partial charge in [-0.05, 0) is 18.2 Å². The van der Waals surface area contributed by atoms with E-state index in [9.17, 15) is 27.5 Å². The molecule has 0 fully saturated rings. The second kappa shape index (κ2) is 6.16. The molecule has 0 aliphatic heterocycles. The molecule has 0 saturated carbocycles. The van der Waals surface area contributed by atoms with Crippen LogP contribution in [0.1, 0.15) is 5.56 Å². The molecule has 0 aliphatic carbocycles. The second-order valence-electron chi connectivity index (χ2n) is 4.67. The zero-order valence-electron chi connectivity index (χ0n) is 12.0. The van der Waals surface area contributed by atoms with Gasteiger partial charge in [0.05, 0.1) is 16.3 Å². The van der Waals surface area contributed by atoms with E-state index in [1.54, 1.807) is 0 Å². The predicted molar refractivity (Wildman–Crippen MR) is 81.6 cm³/mol. The first kappa shape index (κ1) is 17.8. The van der Waals surface area contributed by atoms with Crippen LogP contribution in [0, 0.1) is 11.2 Å². The van der Waals surface area contributed by atoms with E-state index in [1.165, 1.54) is 7.05 Å². The van der Waals surface area contributed by atoms with E-state index in [1.807, 2.05) is 0 Å². The molecule has 2 aromatic rings. The van der Waals surface area contributed by atoms with E-state index in [0.717, 1.165) is 18.2 Å². The van der Waals surface area contributed by atoms with Crippen LogP contribution in [-0.2, 0) is 0 Å². The van der Waals surface area contributed by atoms with Crippen molar-refractivity contribution in [1.82, 2.24) is 4.98 Å². The quantitative estimate of drug-likeness (QED) is 0.497. The molecular weight excluding hydrogens is 354 g/mol. The summed E-state index contributed by atoms with van der Waals surface area (Å²) in [5.74, 6) is -2.17. The van der Waals surface area contributed by atoms with Gasteiger partial charge in [-0.3, -0.25) is 10.2 Å². The third-order valence-electron chi connectivity index (χ3n) is 3.16. The van der Waals surface area contributed by atoms with Gasteiger partial charge in [0.25, 0.3) is 0 Å². The van der Waals surface area contributed by atoms with Gasteiger partial charge in [0.15, 0.2) is 11.5 Å². The summed E-state index contributed by atoms with van der Waals surface area (Å²) in [6.07, 6.45) is -5.08. The molecule has 5 nitrogen and oxygen atoms in total. The van der Waals surface area contributed by atoms with E-state index in [4.69, 9.17) is 17.0 Å². The first-order valence-electron chi connectivity index (χ1n) is 6.36. The Hall–Kier alpha value is -2.55. The molecule has 1 aromatic carbocycles. The Morgan fingerprint density at radius 2 is 2.00 bits per heavy atom. The highest BCUT2D eigenvalue weighted by atomic mass is 35.5. The van der Waals surface area contributed by atoms with Crippen molar-refractivity contribution >= 4 is 23.1 Å². The smallest absolute Gasteiger partial charge is 0.433 e. The van der Waals surface area contributed by atoms with Crippen molar-refractivity contribution in [3.63, 3.8) is 0 Å². The molecule has 128 valence electrons. The minimum absolute atomic E-state index is 0.00857. The van der Waals surface area contributed by atoms with E-state index in [-0.39, 0.29) is 16.3 Å². The Morgan fingerprint density at radius 1 is 1.38 bits per heavy atom. The molecule has 0 atom stereocenters. The molecule has 0 bridgehead atoms. The number of hydrogen-bond donors (Lipinski definition) is 4. The van der Waals surface area contributed by atoms with Gasteiger partial charge in [0.1, 0.15) is 11.6 Å². The molecular formula is C14H10ClF4N3O2. The van der Waals surface area contributed by atoms with Crippen LogP contribution in [0.2, 0.25) is 5.02 Å². The van der Waals surface area contributed by atoms with Crippen LogP contribution in [0.4, 0.5) is 23.4 Å². The lowest BCUT2D eigenvalue weighted by atomic mass is 10.0. The van der Waals surface area contributed by atoms with Crippen LogP contribution in [-0.4, -0.2) is 29.0 Å².